The minimum absolute atomic E-state index is 0.222. The van der Waals surface area contributed by atoms with Gasteiger partial charge in [-0.2, -0.15) is 0 Å². The van der Waals surface area contributed by atoms with Gasteiger partial charge >= 0.3 is 0 Å². The van der Waals surface area contributed by atoms with Gasteiger partial charge in [0.1, 0.15) is 5.54 Å². The third-order valence-electron chi connectivity index (χ3n) is 2.53. The molecule has 0 amide bonds. The predicted octanol–water partition coefficient (Wildman–Crippen LogP) is 2.55. The highest BCUT2D eigenvalue weighted by molar-refractivity contribution is 7.93. The van der Waals surface area contributed by atoms with Gasteiger partial charge in [-0.25, -0.2) is 0 Å². The minimum Gasteiger partial charge on any atom is -0.0628 e. The topological polar surface area (TPSA) is 15.4 Å². The molecule has 11 heavy (non-hydrogen) atoms. The van der Waals surface area contributed by atoms with Crippen LogP contribution < -0.4 is 0 Å². The average Bonchev–Trinajstić information content (AvgIpc) is 2.33. The first-order chi connectivity index (χ1) is 5.10. The summed E-state index contributed by atoms with van der Waals surface area (Å²) < 4.78 is 2.00. The van der Waals surface area contributed by atoms with Gasteiger partial charge in [0.05, 0.1) is 5.75 Å². The van der Waals surface area contributed by atoms with E-state index in [1.165, 1.54) is 0 Å². The molecule has 0 bridgehead atoms. The molecule has 0 aromatic heterocycles. The molecule has 1 aliphatic heterocycles. The fourth-order valence-corrected chi connectivity index (χ4v) is 2.63. The summed E-state index contributed by atoms with van der Waals surface area (Å²) in [7, 11) is 2.03. The molecule has 1 aliphatic rings. The maximum absolute atomic E-state index is 4.63. The van der Waals surface area contributed by atoms with Crippen molar-refractivity contribution in [1.29, 1.82) is 0 Å². The van der Waals surface area contributed by atoms with Crippen molar-refractivity contribution in [2.75, 3.05) is 12.8 Å². The lowest BCUT2D eigenvalue weighted by Gasteiger charge is -2.22. The zero-order chi connectivity index (χ0) is 8.48. The smallest absolute Gasteiger partial charge is 0.0628 e. The standard InChI is InChI=1S/C8H17N2S/c1-5-8(7(2)3)6-11-10(4)9-8/h7H,5-6H2,1-4H3/q+1. The summed E-state index contributed by atoms with van der Waals surface area (Å²) in [6.07, 6.45) is 1.15. The molecule has 0 aromatic carbocycles. The molecule has 1 rings (SSSR count). The van der Waals surface area contributed by atoms with Gasteiger partial charge in [-0.05, 0) is 17.5 Å². The van der Waals surface area contributed by atoms with Gasteiger partial charge in [0.15, 0.2) is 19.0 Å². The molecule has 0 saturated carbocycles. The third kappa shape index (κ3) is 1.58. The Balaban J connectivity index is 2.78. The maximum Gasteiger partial charge on any atom is 0.188 e. The Bertz CT molecular complexity index is 177. The van der Waals surface area contributed by atoms with Crippen LogP contribution in [0.4, 0.5) is 0 Å². The van der Waals surface area contributed by atoms with E-state index in [9.17, 15) is 0 Å². The first-order valence-corrected chi connectivity index (χ1v) is 5.14. The molecule has 0 aromatic rings. The average molecular weight is 173 g/mol. The highest BCUT2D eigenvalue weighted by atomic mass is 32.2. The Kier molecular flexibility index (Phi) is 2.58. The van der Waals surface area contributed by atoms with Gasteiger partial charge in [0.25, 0.3) is 0 Å². The summed E-state index contributed by atoms with van der Waals surface area (Å²) in [5.41, 5.74) is 0.222. The lowest BCUT2D eigenvalue weighted by Crippen LogP contribution is -2.32. The second kappa shape index (κ2) is 3.13. The summed E-state index contributed by atoms with van der Waals surface area (Å²) in [5, 5.41) is 4.63. The quantitative estimate of drug-likeness (QED) is 0.463. The third-order valence-corrected chi connectivity index (χ3v) is 3.61. The zero-order valence-electron chi connectivity index (χ0n) is 7.79. The van der Waals surface area contributed by atoms with Crippen LogP contribution in [0.25, 0.3) is 0 Å². The summed E-state index contributed by atoms with van der Waals surface area (Å²) in [6.45, 7) is 6.74. The monoisotopic (exact) mass is 173 g/mol. The second-order valence-electron chi connectivity index (χ2n) is 3.45. The van der Waals surface area contributed by atoms with Crippen molar-refractivity contribution < 1.29 is 4.10 Å². The largest absolute Gasteiger partial charge is 0.188 e. The predicted molar refractivity (Wildman–Crippen MR) is 48.9 cm³/mol. The van der Waals surface area contributed by atoms with Crippen molar-refractivity contribution in [3.8, 4) is 0 Å². The molecular weight excluding hydrogens is 156 g/mol. The van der Waals surface area contributed by atoms with E-state index >= 15 is 0 Å². The zero-order valence-corrected chi connectivity index (χ0v) is 8.61. The van der Waals surface area contributed by atoms with E-state index in [-0.39, 0.29) is 5.54 Å². The van der Waals surface area contributed by atoms with E-state index < -0.39 is 0 Å². The maximum atomic E-state index is 4.63. The normalized spacial score (nSPS) is 31.2. The van der Waals surface area contributed by atoms with Crippen molar-refractivity contribution >= 4 is 11.9 Å². The summed E-state index contributed by atoms with van der Waals surface area (Å²) in [5.74, 6) is 1.81. The molecule has 1 heterocycles. The van der Waals surface area contributed by atoms with Gasteiger partial charge < -0.3 is 0 Å². The highest BCUT2D eigenvalue weighted by Crippen LogP contribution is 2.35. The number of rotatable bonds is 2. The van der Waals surface area contributed by atoms with Crippen LogP contribution in [0.15, 0.2) is 5.11 Å². The molecule has 0 radical (unpaired) electrons. The Morgan fingerprint density at radius 1 is 1.64 bits per heavy atom. The van der Waals surface area contributed by atoms with Crippen LogP contribution in [-0.2, 0) is 0 Å². The molecule has 1 atom stereocenters. The molecule has 3 heteroatoms. The van der Waals surface area contributed by atoms with Gasteiger partial charge in [0.2, 0.25) is 0 Å². The molecule has 0 aliphatic carbocycles. The van der Waals surface area contributed by atoms with E-state index in [1.54, 1.807) is 0 Å². The SMILES string of the molecule is CCC1(C(C)C)CS[N+](C)=N1. The number of azo groups is 1. The summed E-state index contributed by atoms with van der Waals surface area (Å²) >= 11 is 1.82. The first kappa shape index (κ1) is 9.04. The summed E-state index contributed by atoms with van der Waals surface area (Å²) in [4.78, 5) is 0. The molecule has 1 unspecified atom stereocenters. The number of nitrogens with zero attached hydrogens (tertiary/aromatic N) is 2. The van der Waals surface area contributed by atoms with Crippen LogP contribution in [-0.4, -0.2) is 22.4 Å². The van der Waals surface area contributed by atoms with Crippen molar-refractivity contribution in [2.45, 2.75) is 32.7 Å². The van der Waals surface area contributed by atoms with E-state index in [4.69, 9.17) is 0 Å². The molecule has 0 saturated heterocycles. The minimum atomic E-state index is 0.222. The van der Waals surface area contributed by atoms with Gasteiger partial charge in [-0.15, -0.1) is 0 Å². The molecule has 2 nitrogen and oxygen atoms in total. The van der Waals surface area contributed by atoms with E-state index in [0.717, 1.165) is 12.2 Å². The first-order valence-electron chi connectivity index (χ1n) is 4.20. The van der Waals surface area contributed by atoms with Crippen molar-refractivity contribution in [1.82, 2.24) is 0 Å². The van der Waals surface area contributed by atoms with Crippen LogP contribution in [0.1, 0.15) is 27.2 Å². The number of hydrogen-bond acceptors (Lipinski definition) is 2. The van der Waals surface area contributed by atoms with E-state index in [2.05, 4.69) is 25.9 Å². The Morgan fingerprint density at radius 2 is 2.27 bits per heavy atom. The Morgan fingerprint density at radius 3 is 2.45 bits per heavy atom. The van der Waals surface area contributed by atoms with Crippen LogP contribution in [0, 0.1) is 5.92 Å². The molecule has 64 valence electrons. The fraction of sp³-hybridized carbons (Fsp3) is 1.00. The fourth-order valence-electron chi connectivity index (χ4n) is 1.41. The van der Waals surface area contributed by atoms with Crippen LogP contribution in [0.5, 0.6) is 0 Å². The van der Waals surface area contributed by atoms with Crippen molar-refractivity contribution in [3.05, 3.63) is 0 Å². The lowest BCUT2D eigenvalue weighted by molar-refractivity contribution is -0.393. The van der Waals surface area contributed by atoms with Gasteiger partial charge in [-0.1, -0.05) is 24.9 Å². The highest BCUT2D eigenvalue weighted by Gasteiger charge is 2.42. The van der Waals surface area contributed by atoms with Gasteiger partial charge in [0, 0.05) is 0 Å². The Labute approximate surface area is 73.2 Å². The Hall–Kier alpha value is -0.0500. The molecule has 0 fully saturated rings. The van der Waals surface area contributed by atoms with Crippen molar-refractivity contribution in [2.24, 2.45) is 11.0 Å². The molecular formula is C8H17N2S+. The number of hydrogen-bond donors (Lipinski definition) is 0. The molecule has 0 N–H and O–H groups in total. The second-order valence-corrected chi connectivity index (χ2v) is 4.52. The van der Waals surface area contributed by atoms with Crippen LogP contribution in [0.3, 0.4) is 0 Å². The van der Waals surface area contributed by atoms with Crippen LogP contribution in [0.2, 0.25) is 0 Å². The van der Waals surface area contributed by atoms with E-state index in [0.29, 0.717) is 5.92 Å². The van der Waals surface area contributed by atoms with Crippen molar-refractivity contribution in [3.63, 3.8) is 0 Å². The van der Waals surface area contributed by atoms with Crippen LogP contribution >= 0.6 is 11.9 Å². The van der Waals surface area contributed by atoms with Gasteiger partial charge in [-0.3, -0.25) is 0 Å². The molecule has 0 spiro atoms. The van der Waals surface area contributed by atoms with E-state index in [1.807, 2.05) is 23.1 Å². The lowest BCUT2D eigenvalue weighted by atomic mass is 9.87. The summed E-state index contributed by atoms with van der Waals surface area (Å²) in [6, 6.07) is 0.